The number of hydrogen-bond acceptors (Lipinski definition) is 5. The number of methoxy groups -OCH3 is 1. The highest BCUT2D eigenvalue weighted by molar-refractivity contribution is 7.89. The van der Waals surface area contributed by atoms with E-state index in [0.29, 0.717) is 11.4 Å². The average molecular weight is 386 g/mol. The van der Waals surface area contributed by atoms with Crippen molar-refractivity contribution in [2.45, 2.75) is 25.3 Å². The third kappa shape index (κ3) is 4.01. The van der Waals surface area contributed by atoms with Crippen LogP contribution in [0.1, 0.15) is 16.8 Å². The molecule has 0 unspecified atom stereocenters. The van der Waals surface area contributed by atoms with Crippen LogP contribution in [0.25, 0.3) is 11.3 Å². The summed E-state index contributed by atoms with van der Waals surface area (Å²) in [5.74, 6) is 0.323. The molecule has 0 atom stereocenters. The normalized spacial score (nSPS) is 11.6. The van der Waals surface area contributed by atoms with E-state index in [1.165, 1.54) is 7.11 Å². The number of hydrogen-bond donors (Lipinski definition) is 1. The molecule has 0 aliphatic carbocycles. The lowest BCUT2D eigenvalue weighted by molar-refractivity contribution is 0.401. The number of benzene rings is 1. The first kappa shape index (κ1) is 19.1. The summed E-state index contributed by atoms with van der Waals surface area (Å²) in [5, 5.41) is 4.40. The van der Waals surface area contributed by atoms with Gasteiger partial charge >= 0.3 is 0 Å². The molecule has 0 spiro atoms. The van der Waals surface area contributed by atoms with Crippen LogP contribution in [0.3, 0.4) is 0 Å². The van der Waals surface area contributed by atoms with Gasteiger partial charge in [-0.15, -0.1) is 0 Å². The Balaban J connectivity index is 1.84. The van der Waals surface area contributed by atoms with E-state index < -0.39 is 10.0 Å². The Kier molecular flexibility index (Phi) is 5.29. The minimum atomic E-state index is -3.74. The Labute approximate surface area is 159 Å². The molecule has 0 radical (unpaired) electrons. The van der Waals surface area contributed by atoms with Gasteiger partial charge in [0.05, 0.1) is 25.0 Å². The fraction of sp³-hybridized carbons (Fsp3) is 0.263. The monoisotopic (exact) mass is 386 g/mol. The van der Waals surface area contributed by atoms with Gasteiger partial charge in [-0.05, 0) is 55.3 Å². The molecule has 0 fully saturated rings. The number of nitrogens with zero attached hydrogens (tertiary/aromatic N) is 3. The Bertz CT molecular complexity index is 1060. The standard InChI is InChI=1S/C19H22N4O3S/c1-13-9-18(26-4)19(10-14(13)2)27(24,25)21-12-16-11-17(23(3)22-16)15-5-7-20-8-6-15/h5-11,21H,12H2,1-4H3. The van der Waals surface area contributed by atoms with Crippen molar-refractivity contribution in [1.82, 2.24) is 19.5 Å². The highest BCUT2D eigenvalue weighted by Crippen LogP contribution is 2.27. The first-order valence-corrected chi connectivity index (χ1v) is 9.88. The van der Waals surface area contributed by atoms with E-state index in [0.717, 1.165) is 22.4 Å². The number of ether oxygens (including phenoxy) is 1. The van der Waals surface area contributed by atoms with Crippen molar-refractivity contribution in [3.8, 4) is 17.0 Å². The smallest absolute Gasteiger partial charge is 0.244 e. The van der Waals surface area contributed by atoms with Gasteiger partial charge < -0.3 is 4.74 Å². The molecule has 0 aliphatic rings. The Morgan fingerprint density at radius 1 is 1.11 bits per heavy atom. The number of sulfonamides is 1. The van der Waals surface area contributed by atoms with Gasteiger partial charge in [0.2, 0.25) is 10.0 Å². The van der Waals surface area contributed by atoms with Crippen molar-refractivity contribution >= 4 is 10.0 Å². The van der Waals surface area contributed by atoms with Crippen molar-refractivity contribution in [1.29, 1.82) is 0 Å². The van der Waals surface area contributed by atoms with Crippen molar-refractivity contribution in [2.24, 2.45) is 7.05 Å². The van der Waals surface area contributed by atoms with Gasteiger partial charge in [0.1, 0.15) is 10.6 Å². The predicted molar refractivity (Wildman–Crippen MR) is 103 cm³/mol. The van der Waals surface area contributed by atoms with Gasteiger partial charge in [0.25, 0.3) is 0 Å². The second kappa shape index (κ2) is 7.50. The van der Waals surface area contributed by atoms with Crippen LogP contribution in [0, 0.1) is 13.8 Å². The van der Waals surface area contributed by atoms with Crippen LogP contribution in [0.15, 0.2) is 47.6 Å². The molecule has 0 bridgehead atoms. The Morgan fingerprint density at radius 2 is 1.78 bits per heavy atom. The third-order valence-electron chi connectivity index (χ3n) is 4.42. The van der Waals surface area contributed by atoms with Crippen LogP contribution in [0.2, 0.25) is 0 Å². The van der Waals surface area contributed by atoms with Crippen LogP contribution < -0.4 is 9.46 Å². The van der Waals surface area contributed by atoms with Gasteiger partial charge in [-0.3, -0.25) is 9.67 Å². The molecule has 0 saturated carbocycles. The third-order valence-corrected chi connectivity index (χ3v) is 5.84. The zero-order chi connectivity index (χ0) is 19.6. The average Bonchev–Trinajstić information content (AvgIpc) is 3.03. The maximum atomic E-state index is 12.8. The molecule has 1 aromatic carbocycles. The summed E-state index contributed by atoms with van der Waals surface area (Å²) >= 11 is 0. The van der Waals surface area contributed by atoms with Crippen molar-refractivity contribution < 1.29 is 13.2 Å². The Morgan fingerprint density at radius 3 is 2.44 bits per heavy atom. The molecular formula is C19H22N4O3S. The second-order valence-corrected chi connectivity index (χ2v) is 8.03. The van der Waals surface area contributed by atoms with Gasteiger partial charge in [-0.25, -0.2) is 13.1 Å². The summed E-state index contributed by atoms with van der Waals surface area (Å²) < 4.78 is 35.1. The number of pyridine rings is 1. The fourth-order valence-electron chi connectivity index (χ4n) is 2.79. The van der Waals surface area contributed by atoms with Crippen LogP contribution in [-0.2, 0) is 23.6 Å². The Hall–Kier alpha value is -2.71. The highest BCUT2D eigenvalue weighted by atomic mass is 32.2. The minimum Gasteiger partial charge on any atom is -0.495 e. The summed E-state index contributed by atoms with van der Waals surface area (Å²) in [6.45, 7) is 3.86. The molecule has 0 saturated heterocycles. The van der Waals surface area contributed by atoms with E-state index in [1.54, 1.807) is 29.2 Å². The summed E-state index contributed by atoms with van der Waals surface area (Å²) in [6, 6.07) is 8.97. The van der Waals surface area contributed by atoms with E-state index in [1.807, 2.05) is 39.1 Å². The molecule has 8 heteroatoms. The zero-order valence-corrected chi connectivity index (χ0v) is 16.5. The lowest BCUT2D eigenvalue weighted by Crippen LogP contribution is -2.24. The second-order valence-electron chi connectivity index (χ2n) is 6.29. The van der Waals surface area contributed by atoms with Crippen molar-refractivity contribution in [2.75, 3.05) is 7.11 Å². The van der Waals surface area contributed by atoms with Gasteiger partial charge in [-0.1, -0.05) is 0 Å². The first-order chi connectivity index (χ1) is 12.8. The molecule has 1 N–H and O–H groups in total. The largest absolute Gasteiger partial charge is 0.495 e. The van der Waals surface area contributed by atoms with E-state index in [-0.39, 0.29) is 11.4 Å². The molecular weight excluding hydrogens is 364 g/mol. The number of nitrogens with one attached hydrogen (secondary N) is 1. The molecule has 2 heterocycles. The first-order valence-electron chi connectivity index (χ1n) is 8.40. The number of aromatic nitrogens is 3. The lowest BCUT2D eigenvalue weighted by atomic mass is 10.1. The van der Waals surface area contributed by atoms with Crippen LogP contribution in [-0.4, -0.2) is 30.3 Å². The molecule has 0 amide bonds. The molecule has 3 rings (SSSR count). The number of rotatable bonds is 6. The van der Waals surface area contributed by atoms with E-state index in [9.17, 15) is 8.42 Å². The lowest BCUT2D eigenvalue weighted by Gasteiger charge is -2.12. The molecule has 3 aromatic rings. The quantitative estimate of drug-likeness (QED) is 0.704. The SMILES string of the molecule is COc1cc(C)c(C)cc1S(=O)(=O)NCc1cc(-c2ccncc2)n(C)n1. The minimum absolute atomic E-state index is 0.0807. The molecule has 0 aliphatic heterocycles. The predicted octanol–water partition coefficient (Wildman–Crippen LogP) is 2.59. The number of aryl methyl sites for hydroxylation is 3. The molecule has 2 aromatic heterocycles. The molecule has 142 valence electrons. The van der Waals surface area contributed by atoms with Crippen LogP contribution >= 0.6 is 0 Å². The highest BCUT2D eigenvalue weighted by Gasteiger charge is 2.21. The maximum Gasteiger partial charge on any atom is 0.244 e. The van der Waals surface area contributed by atoms with Crippen molar-refractivity contribution in [3.05, 3.63) is 59.5 Å². The molecule has 7 nitrogen and oxygen atoms in total. The van der Waals surface area contributed by atoms with E-state index in [2.05, 4.69) is 14.8 Å². The maximum absolute atomic E-state index is 12.8. The van der Waals surface area contributed by atoms with E-state index in [4.69, 9.17) is 4.74 Å². The summed E-state index contributed by atoms with van der Waals surface area (Å²) in [7, 11) is -0.462. The van der Waals surface area contributed by atoms with Crippen LogP contribution in [0.5, 0.6) is 5.75 Å². The fourth-order valence-corrected chi connectivity index (χ4v) is 4.02. The van der Waals surface area contributed by atoms with Crippen molar-refractivity contribution in [3.63, 3.8) is 0 Å². The summed E-state index contributed by atoms with van der Waals surface area (Å²) in [5.41, 5.74) is 4.32. The summed E-state index contributed by atoms with van der Waals surface area (Å²) in [6.07, 6.45) is 3.41. The zero-order valence-electron chi connectivity index (χ0n) is 15.7. The van der Waals surface area contributed by atoms with Gasteiger partial charge in [0.15, 0.2) is 0 Å². The van der Waals surface area contributed by atoms with Crippen LogP contribution in [0.4, 0.5) is 0 Å². The van der Waals surface area contributed by atoms with Gasteiger partial charge in [-0.2, -0.15) is 5.10 Å². The van der Waals surface area contributed by atoms with E-state index >= 15 is 0 Å². The topological polar surface area (TPSA) is 86.1 Å². The molecule has 27 heavy (non-hydrogen) atoms. The van der Waals surface area contributed by atoms with Gasteiger partial charge in [0, 0.05) is 25.0 Å². The summed E-state index contributed by atoms with van der Waals surface area (Å²) in [4.78, 5) is 4.13.